The molecule has 2 atom stereocenters. The third-order valence-electron chi connectivity index (χ3n) is 2.51. The molecule has 0 amide bonds. The molecule has 0 saturated carbocycles. The molecule has 0 aliphatic rings. The van der Waals surface area contributed by atoms with Crippen LogP contribution in [0, 0.1) is 0 Å². The van der Waals surface area contributed by atoms with Crippen LogP contribution in [0.25, 0.3) is 0 Å². The van der Waals surface area contributed by atoms with Gasteiger partial charge in [0.1, 0.15) is 11.9 Å². The van der Waals surface area contributed by atoms with E-state index in [1.54, 1.807) is 29.5 Å². The van der Waals surface area contributed by atoms with Crippen LogP contribution in [-0.4, -0.2) is 6.04 Å². The molecule has 0 radical (unpaired) electrons. The van der Waals surface area contributed by atoms with Crippen LogP contribution in [0.4, 0.5) is 0 Å². The predicted molar refractivity (Wildman–Crippen MR) is 85.5 cm³/mol. The molecule has 0 spiro atoms. The molecule has 1 aromatic carbocycles. The van der Waals surface area contributed by atoms with Crippen LogP contribution in [0.2, 0.25) is 10.0 Å². The summed E-state index contributed by atoms with van der Waals surface area (Å²) in [5.74, 6) is 0.654. The quantitative estimate of drug-likeness (QED) is 0.782. The fraction of sp³-hybridized carbons (Fsp3) is 0.231. The number of hydrogen-bond acceptors (Lipinski definition) is 3. The molecule has 2 aromatic rings. The second-order valence-electron chi connectivity index (χ2n) is 4.12. The minimum absolute atomic E-state index is 0.139. The number of thiophene rings is 1. The van der Waals surface area contributed by atoms with E-state index in [2.05, 4.69) is 15.9 Å². The first-order valence-corrected chi connectivity index (χ1v) is 7.96. The van der Waals surface area contributed by atoms with E-state index in [4.69, 9.17) is 33.7 Å². The maximum Gasteiger partial charge on any atom is 0.148 e. The van der Waals surface area contributed by atoms with Gasteiger partial charge in [0.05, 0.1) is 13.8 Å². The Morgan fingerprint density at radius 1 is 1.21 bits per heavy atom. The van der Waals surface area contributed by atoms with Crippen LogP contribution in [0.1, 0.15) is 17.9 Å². The highest BCUT2D eigenvalue weighted by molar-refractivity contribution is 9.11. The first-order valence-electron chi connectivity index (χ1n) is 5.60. The third-order valence-corrected chi connectivity index (χ3v) is 4.93. The molecular weight excluding hydrogens is 369 g/mol. The van der Waals surface area contributed by atoms with Gasteiger partial charge >= 0.3 is 0 Å². The maximum absolute atomic E-state index is 6.00. The molecule has 0 aliphatic heterocycles. The number of nitrogens with two attached hydrogens (primary N) is 1. The number of ether oxygens (including phenoxy) is 1. The molecule has 0 saturated heterocycles. The number of rotatable bonds is 4. The molecule has 1 aromatic heterocycles. The van der Waals surface area contributed by atoms with Gasteiger partial charge in [0, 0.05) is 17.0 Å². The first kappa shape index (κ1) is 15.1. The van der Waals surface area contributed by atoms with Crippen LogP contribution >= 0.6 is 50.5 Å². The number of benzene rings is 1. The highest BCUT2D eigenvalue weighted by atomic mass is 79.9. The van der Waals surface area contributed by atoms with E-state index in [0.717, 1.165) is 8.66 Å². The minimum atomic E-state index is -0.214. The van der Waals surface area contributed by atoms with E-state index in [0.29, 0.717) is 15.8 Å². The molecule has 2 rings (SSSR count). The summed E-state index contributed by atoms with van der Waals surface area (Å²) in [7, 11) is 0. The molecule has 1 heterocycles. The highest BCUT2D eigenvalue weighted by Crippen LogP contribution is 2.34. The lowest BCUT2D eigenvalue weighted by molar-refractivity contribution is 0.184. The normalized spacial score (nSPS) is 14.2. The third kappa shape index (κ3) is 3.86. The Hall–Kier alpha value is -0.260. The minimum Gasteiger partial charge on any atom is -0.483 e. The second-order valence-corrected chi connectivity index (χ2v) is 7.42. The largest absolute Gasteiger partial charge is 0.483 e. The molecule has 0 bridgehead atoms. The van der Waals surface area contributed by atoms with Crippen molar-refractivity contribution in [1.82, 2.24) is 0 Å². The van der Waals surface area contributed by atoms with Crippen molar-refractivity contribution >= 4 is 50.5 Å². The van der Waals surface area contributed by atoms with Crippen molar-refractivity contribution in [2.24, 2.45) is 5.73 Å². The van der Waals surface area contributed by atoms with E-state index >= 15 is 0 Å². The Morgan fingerprint density at radius 3 is 2.47 bits per heavy atom. The SMILES string of the molecule is CC(N)C(Oc1ccc(Cl)c(Cl)c1)c1ccc(Br)s1. The van der Waals surface area contributed by atoms with Gasteiger partial charge in [0.15, 0.2) is 0 Å². The van der Waals surface area contributed by atoms with Gasteiger partial charge in [0.25, 0.3) is 0 Å². The van der Waals surface area contributed by atoms with E-state index < -0.39 is 0 Å². The van der Waals surface area contributed by atoms with Crippen molar-refractivity contribution in [3.8, 4) is 5.75 Å². The summed E-state index contributed by atoms with van der Waals surface area (Å²) in [5.41, 5.74) is 6.00. The van der Waals surface area contributed by atoms with Crippen molar-refractivity contribution in [3.05, 3.63) is 49.0 Å². The summed E-state index contributed by atoms with van der Waals surface area (Å²) in [6.07, 6.45) is -0.214. The van der Waals surface area contributed by atoms with Gasteiger partial charge in [-0.3, -0.25) is 0 Å². The maximum atomic E-state index is 6.00. The molecule has 0 aliphatic carbocycles. The van der Waals surface area contributed by atoms with Crippen LogP contribution in [0.15, 0.2) is 34.1 Å². The fourth-order valence-corrected chi connectivity index (χ4v) is 3.46. The Labute approximate surface area is 134 Å². The van der Waals surface area contributed by atoms with Crippen molar-refractivity contribution in [2.45, 2.75) is 19.1 Å². The zero-order valence-electron chi connectivity index (χ0n) is 10.1. The van der Waals surface area contributed by atoms with Crippen LogP contribution in [-0.2, 0) is 0 Å². The monoisotopic (exact) mass is 379 g/mol. The van der Waals surface area contributed by atoms with Crippen molar-refractivity contribution in [1.29, 1.82) is 0 Å². The molecule has 19 heavy (non-hydrogen) atoms. The van der Waals surface area contributed by atoms with E-state index in [1.807, 2.05) is 19.1 Å². The van der Waals surface area contributed by atoms with E-state index in [1.165, 1.54) is 0 Å². The zero-order chi connectivity index (χ0) is 14.0. The summed E-state index contributed by atoms with van der Waals surface area (Å²) >= 11 is 16.9. The number of halogens is 3. The lowest BCUT2D eigenvalue weighted by atomic mass is 10.1. The van der Waals surface area contributed by atoms with Gasteiger partial charge < -0.3 is 10.5 Å². The molecule has 6 heteroatoms. The molecular formula is C13H12BrCl2NOS. The van der Waals surface area contributed by atoms with Gasteiger partial charge in [-0.25, -0.2) is 0 Å². The standard InChI is InChI=1S/C13H12BrCl2NOS/c1-7(17)13(11-4-5-12(14)19-11)18-8-2-3-9(15)10(16)6-8/h2-7,13H,17H2,1H3. The molecule has 2 nitrogen and oxygen atoms in total. The van der Waals surface area contributed by atoms with Crippen molar-refractivity contribution < 1.29 is 4.74 Å². The molecule has 0 fully saturated rings. The van der Waals surface area contributed by atoms with Gasteiger partial charge in [-0.15, -0.1) is 11.3 Å². The van der Waals surface area contributed by atoms with Gasteiger partial charge in [-0.2, -0.15) is 0 Å². The van der Waals surface area contributed by atoms with Crippen LogP contribution in [0.5, 0.6) is 5.75 Å². The zero-order valence-corrected chi connectivity index (χ0v) is 14.0. The summed E-state index contributed by atoms with van der Waals surface area (Å²) in [6.45, 7) is 1.91. The lowest BCUT2D eigenvalue weighted by Gasteiger charge is -2.21. The van der Waals surface area contributed by atoms with Crippen molar-refractivity contribution in [3.63, 3.8) is 0 Å². The highest BCUT2D eigenvalue weighted by Gasteiger charge is 2.20. The average molecular weight is 381 g/mol. The molecule has 2 unspecified atom stereocenters. The Morgan fingerprint density at radius 2 is 1.95 bits per heavy atom. The van der Waals surface area contributed by atoms with Gasteiger partial charge in [0.2, 0.25) is 0 Å². The lowest BCUT2D eigenvalue weighted by Crippen LogP contribution is -2.28. The first-order chi connectivity index (χ1) is 8.97. The summed E-state index contributed by atoms with van der Waals surface area (Å²) in [4.78, 5) is 1.06. The Balaban J connectivity index is 2.23. The summed E-state index contributed by atoms with van der Waals surface area (Å²) < 4.78 is 6.98. The van der Waals surface area contributed by atoms with E-state index in [9.17, 15) is 0 Å². The predicted octanol–water partition coefficient (Wildman–Crippen LogP) is 5.28. The second kappa shape index (κ2) is 6.46. The van der Waals surface area contributed by atoms with Crippen LogP contribution in [0.3, 0.4) is 0 Å². The smallest absolute Gasteiger partial charge is 0.148 e. The van der Waals surface area contributed by atoms with Gasteiger partial charge in [-0.05, 0) is 47.1 Å². The summed E-state index contributed by atoms with van der Waals surface area (Å²) in [6, 6.07) is 9.03. The Bertz CT molecular complexity index is 574. The molecule has 2 N–H and O–H groups in total. The number of hydrogen-bond donors (Lipinski definition) is 1. The van der Waals surface area contributed by atoms with Crippen molar-refractivity contribution in [2.75, 3.05) is 0 Å². The van der Waals surface area contributed by atoms with Gasteiger partial charge in [-0.1, -0.05) is 23.2 Å². The Kier molecular flexibility index (Phi) is 5.15. The molecule has 102 valence electrons. The average Bonchev–Trinajstić information content (AvgIpc) is 2.76. The fourth-order valence-electron chi connectivity index (χ4n) is 1.60. The van der Waals surface area contributed by atoms with Crippen LogP contribution < -0.4 is 10.5 Å². The van der Waals surface area contributed by atoms with E-state index in [-0.39, 0.29) is 12.1 Å². The topological polar surface area (TPSA) is 35.2 Å². The summed E-state index contributed by atoms with van der Waals surface area (Å²) in [5, 5.41) is 0.972.